The number of nitrogens with zero attached hydrogens (tertiary/aromatic N) is 1. The molecule has 0 aliphatic carbocycles. The van der Waals surface area contributed by atoms with E-state index >= 15 is 0 Å². The van der Waals surface area contributed by atoms with Gasteiger partial charge in [-0.1, -0.05) is 6.58 Å². The molecule has 7 nitrogen and oxygen atoms in total. The third-order valence-corrected chi connectivity index (χ3v) is 3.47. The molecule has 7 heteroatoms. The number of ether oxygens (including phenoxy) is 1. The van der Waals surface area contributed by atoms with Gasteiger partial charge in [-0.25, -0.2) is 4.79 Å². The second-order valence-corrected chi connectivity index (χ2v) is 5.14. The molecule has 0 unspecified atom stereocenters. The van der Waals surface area contributed by atoms with E-state index in [1.165, 1.54) is 6.20 Å². The molecule has 2 aromatic heterocycles. The zero-order chi connectivity index (χ0) is 17.7. The third kappa shape index (κ3) is 3.62. The van der Waals surface area contributed by atoms with Crippen LogP contribution in [-0.2, 0) is 4.74 Å². The molecule has 0 aliphatic rings. The Labute approximate surface area is 140 Å². The predicted octanol–water partition coefficient (Wildman–Crippen LogP) is 2.11. The Bertz CT molecular complexity index is 766. The monoisotopic (exact) mass is 328 g/mol. The molecule has 0 fully saturated rings. The summed E-state index contributed by atoms with van der Waals surface area (Å²) in [5.41, 5.74) is 8.64. The zero-order valence-electron chi connectivity index (χ0n) is 13.9. The van der Waals surface area contributed by atoms with Crippen LogP contribution in [0.4, 0.5) is 0 Å². The van der Waals surface area contributed by atoms with Crippen molar-refractivity contribution in [2.45, 2.75) is 20.8 Å². The number of rotatable bonds is 6. The van der Waals surface area contributed by atoms with Crippen molar-refractivity contribution >= 4 is 17.6 Å². The Hall–Kier alpha value is -3.09. The summed E-state index contributed by atoms with van der Waals surface area (Å²) < 4.78 is 5.05. The highest BCUT2D eigenvalue weighted by Crippen LogP contribution is 2.22. The van der Waals surface area contributed by atoms with Crippen molar-refractivity contribution in [2.24, 2.45) is 0 Å². The summed E-state index contributed by atoms with van der Waals surface area (Å²) in [5.74, 6) is -0.724. The minimum absolute atomic E-state index is 0.304. The van der Waals surface area contributed by atoms with Crippen molar-refractivity contribution in [1.82, 2.24) is 20.8 Å². The number of nitrogens with one attached hydrogen (secondary N) is 3. The van der Waals surface area contributed by atoms with E-state index < -0.39 is 0 Å². The van der Waals surface area contributed by atoms with Gasteiger partial charge in [0.15, 0.2) is 0 Å². The summed E-state index contributed by atoms with van der Waals surface area (Å²) in [5, 5.41) is 0. The number of esters is 1. The Morgan fingerprint density at radius 1 is 1.33 bits per heavy atom. The van der Waals surface area contributed by atoms with Gasteiger partial charge in [0.05, 0.1) is 29.1 Å². The smallest absolute Gasteiger partial charge is 0.340 e. The van der Waals surface area contributed by atoms with E-state index in [9.17, 15) is 9.59 Å². The van der Waals surface area contributed by atoms with Crippen molar-refractivity contribution in [1.29, 1.82) is 0 Å². The van der Waals surface area contributed by atoms with Crippen LogP contribution in [0.5, 0.6) is 0 Å². The molecular weight excluding hydrogens is 308 g/mol. The molecule has 1 amide bonds. The first kappa shape index (κ1) is 17.3. The molecule has 2 rings (SSSR count). The number of H-pyrrole nitrogens is 1. The van der Waals surface area contributed by atoms with Crippen molar-refractivity contribution in [2.75, 3.05) is 6.61 Å². The van der Waals surface area contributed by atoms with Crippen LogP contribution in [0.1, 0.15) is 44.6 Å². The largest absolute Gasteiger partial charge is 0.462 e. The minimum atomic E-state index is -0.387. The SMILES string of the molecule is C=C(NNC(=O)c1cccnc1)c1[nH]c(C)c(C(=O)OCC)c1C. The number of aromatic nitrogens is 2. The molecule has 0 bridgehead atoms. The van der Waals surface area contributed by atoms with Crippen LogP contribution in [0.2, 0.25) is 0 Å². The van der Waals surface area contributed by atoms with Crippen molar-refractivity contribution < 1.29 is 14.3 Å². The Kier molecular flexibility index (Phi) is 5.36. The van der Waals surface area contributed by atoms with Gasteiger partial charge >= 0.3 is 5.97 Å². The number of hydrogen-bond acceptors (Lipinski definition) is 5. The van der Waals surface area contributed by atoms with Crippen molar-refractivity contribution in [3.8, 4) is 0 Å². The van der Waals surface area contributed by atoms with E-state index in [0.717, 1.165) is 0 Å². The second-order valence-electron chi connectivity index (χ2n) is 5.14. The van der Waals surface area contributed by atoms with Crippen LogP contribution in [0.15, 0.2) is 31.1 Å². The summed E-state index contributed by atoms with van der Waals surface area (Å²) in [7, 11) is 0. The van der Waals surface area contributed by atoms with Crippen LogP contribution in [0.25, 0.3) is 5.70 Å². The number of carbonyl (C=O) groups is 2. The first-order valence-corrected chi connectivity index (χ1v) is 7.47. The number of amides is 1. The lowest BCUT2D eigenvalue weighted by molar-refractivity contribution is 0.0524. The first-order valence-electron chi connectivity index (χ1n) is 7.47. The van der Waals surface area contributed by atoms with E-state index in [2.05, 4.69) is 27.4 Å². The Balaban J connectivity index is 2.09. The standard InChI is InChI=1S/C17H20N4O3/c1-5-24-17(23)14-10(2)15(19-11(14)3)12(4)20-21-16(22)13-7-6-8-18-9-13/h6-9,19-20H,4-5H2,1-3H3,(H,21,22). The van der Waals surface area contributed by atoms with E-state index in [1.54, 1.807) is 39.1 Å². The van der Waals surface area contributed by atoms with Gasteiger partial charge in [0.25, 0.3) is 5.91 Å². The Morgan fingerprint density at radius 3 is 2.71 bits per heavy atom. The van der Waals surface area contributed by atoms with Gasteiger partial charge in [-0.2, -0.15) is 0 Å². The fraction of sp³-hybridized carbons (Fsp3) is 0.235. The highest BCUT2D eigenvalue weighted by Gasteiger charge is 2.20. The van der Waals surface area contributed by atoms with Gasteiger partial charge in [-0.3, -0.25) is 20.6 Å². The number of carbonyl (C=O) groups excluding carboxylic acids is 2. The number of hydrazine groups is 1. The second kappa shape index (κ2) is 7.45. The maximum Gasteiger partial charge on any atom is 0.340 e. The van der Waals surface area contributed by atoms with Crippen LogP contribution in [0, 0.1) is 13.8 Å². The summed E-state index contributed by atoms with van der Waals surface area (Å²) in [4.78, 5) is 31.0. The minimum Gasteiger partial charge on any atom is -0.462 e. The van der Waals surface area contributed by atoms with Crippen molar-refractivity contribution in [3.63, 3.8) is 0 Å². The maximum atomic E-state index is 12.0. The lowest BCUT2D eigenvalue weighted by Crippen LogP contribution is -2.36. The van der Waals surface area contributed by atoms with Crippen LogP contribution >= 0.6 is 0 Å². The first-order chi connectivity index (χ1) is 11.5. The molecular formula is C17H20N4O3. The lowest BCUT2D eigenvalue weighted by Gasteiger charge is -2.11. The number of aromatic amines is 1. The topological polar surface area (TPSA) is 96.1 Å². The summed E-state index contributed by atoms with van der Waals surface area (Å²) in [6, 6.07) is 3.32. The molecule has 0 aliphatic heterocycles. The predicted molar refractivity (Wildman–Crippen MR) is 90.1 cm³/mol. The van der Waals surface area contributed by atoms with Gasteiger partial charge in [-0.05, 0) is 38.5 Å². The van der Waals surface area contributed by atoms with Gasteiger partial charge in [0.2, 0.25) is 0 Å². The van der Waals surface area contributed by atoms with Gasteiger partial charge in [0.1, 0.15) is 0 Å². The number of aryl methyl sites for hydroxylation is 1. The molecule has 24 heavy (non-hydrogen) atoms. The molecule has 3 N–H and O–H groups in total. The molecule has 0 aromatic carbocycles. The van der Waals surface area contributed by atoms with Gasteiger partial charge < -0.3 is 9.72 Å². The maximum absolute atomic E-state index is 12.0. The number of hydrogen-bond donors (Lipinski definition) is 3. The highest BCUT2D eigenvalue weighted by molar-refractivity contribution is 5.95. The quantitative estimate of drug-likeness (QED) is 0.557. The normalized spacial score (nSPS) is 10.1. The molecule has 0 spiro atoms. The van der Waals surface area contributed by atoms with Crippen LogP contribution in [0.3, 0.4) is 0 Å². The fourth-order valence-electron chi connectivity index (χ4n) is 2.33. The third-order valence-electron chi connectivity index (χ3n) is 3.47. The average Bonchev–Trinajstić information content (AvgIpc) is 2.88. The summed E-state index contributed by atoms with van der Waals surface area (Å²) in [6.45, 7) is 9.52. The average molecular weight is 328 g/mol. The lowest BCUT2D eigenvalue weighted by atomic mass is 10.1. The van der Waals surface area contributed by atoms with E-state index in [0.29, 0.717) is 40.4 Å². The molecule has 2 aromatic rings. The van der Waals surface area contributed by atoms with Crippen molar-refractivity contribution in [3.05, 3.63) is 59.2 Å². The highest BCUT2D eigenvalue weighted by atomic mass is 16.5. The van der Waals surface area contributed by atoms with Crippen LogP contribution in [-0.4, -0.2) is 28.5 Å². The van der Waals surface area contributed by atoms with E-state index in [1.807, 2.05) is 0 Å². The zero-order valence-corrected chi connectivity index (χ0v) is 13.9. The van der Waals surface area contributed by atoms with E-state index in [4.69, 9.17) is 4.74 Å². The van der Waals surface area contributed by atoms with Gasteiger partial charge in [0, 0.05) is 18.1 Å². The Morgan fingerprint density at radius 2 is 2.08 bits per heavy atom. The summed E-state index contributed by atoms with van der Waals surface area (Å²) in [6.07, 6.45) is 3.05. The molecule has 126 valence electrons. The number of pyridine rings is 1. The molecule has 0 atom stereocenters. The molecule has 0 saturated carbocycles. The molecule has 0 radical (unpaired) electrons. The fourth-order valence-corrected chi connectivity index (χ4v) is 2.33. The summed E-state index contributed by atoms with van der Waals surface area (Å²) >= 11 is 0. The van der Waals surface area contributed by atoms with Crippen LogP contribution < -0.4 is 10.9 Å². The van der Waals surface area contributed by atoms with Gasteiger partial charge in [-0.15, -0.1) is 0 Å². The van der Waals surface area contributed by atoms with E-state index in [-0.39, 0.29) is 11.9 Å². The molecule has 0 saturated heterocycles. The molecule has 2 heterocycles.